The predicted octanol–water partition coefficient (Wildman–Crippen LogP) is 3.08. The van der Waals surface area contributed by atoms with Gasteiger partial charge < -0.3 is 9.47 Å². The average Bonchev–Trinajstić information content (AvgIpc) is 3.06. The number of pyridine rings is 1. The maximum absolute atomic E-state index is 6.20. The lowest BCUT2D eigenvalue weighted by Crippen LogP contribution is -2.67. The average molecular weight is 316 g/mol. The van der Waals surface area contributed by atoms with E-state index in [1.165, 1.54) is 36.8 Å². The van der Waals surface area contributed by atoms with Crippen LogP contribution in [0.15, 0.2) is 18.5 Å². The van der Waals surface area contributed by atoms with E-state index in [-0.39, 0.29) is 5.60 Å². The van der Waals surface area contributed by atoms with Gasteiger partial charge in [-0.15, -0.1) is 0 Å². The van der Waals surface area contributed by atoms with Crippen LogP contribution in [0.3, 0.4) is 0 Å². The molecule has 0 radical (unpaired) electrons. The van der Waals surface area contributed by atoms with Gasteiger partial charge in [-0.05, 0) is 43.4 Å². The Kier molecular flexibility index (Phi) is 4.39. The van der Waals surface area contributed by atoms with Gasteiger partial charge in [-0.2, -0.15) is 0 Å². The molecule has 4 rings (SSSR count). The minimum atomic E-state index is 0.0789. The maximum Gasteiger partial charge on any atom is 0.0959 e. The first-order chi connectivity index (χ1) is 11.2. The van der Waals surface area contributed by atoms with Crippen molar-refractivity contribution in [3.8, 4) is 0 Å². The molecule has 0 bridgehead atoms. The van der Waals surface area contributed by atoms with E-state index in [4.69, 9.17) is 9.47 Å². The van der Waals surface area contributed by atoms with Crippen molar-refractivity contribution in [2.75, 3.05) is 19.7 Å². The number of hydrogen-bond acceptors (Lipinski definition) is 4. The van der Waals surface area contributed by atoms with Crippen LogP contribution in [0.5, 0.6) is 0 Å². The molecule has 4 nitrogen and oxygen atoms in total. The van der Waals surface area contributed by atoms with E-state index in [0.717, 1.165) is 38.6 Å². The molecule has 0 aromatic carbocycles. The van der Waals surface area contributed by atoms with Gasteiger partial charge in [0.2, 0.25) is 0 Å². The van der Waals surface area contributed by atoms with Crippen molar-refractivity contribution in [3.63, 3.8) is 0 Å². The first kappa shape index (κ1) is 15.6. The quantitative estimate of drug-likeness (QED) is 0.855. The van der Waals surface area contributed by atoms with Crippen LogP contribution in [0.1, 0.15) is 49.7 Å². The SMILES string of the molecule is Cc1ccncc1CO[C@H]1CCOC2(C1)CN(C1CCCC1)C2. The summed E-state index contributed by atoms with van der Waals surface area (Å²) in [7, 11) is 0. The van der Waals surface area contributed by atoms with Crippen LogP contribution in [0.2, 0.25) is 0 Å². The van der Waals surface area contributed by atoms with Gasteiger partial charge in [0.25, 0.3) is 0 Å². The molecule has 3 heterocycles. The third kappa shape index (κ3) is 3.30. The van der Waals surface area contributed by atoms with Crippen LogP contribution >= 0.6 is 0 Å². The summed E-state index contributed by atoms with van der Waals surface area (Å²) >= 11 is 0. The van der Waals surface area contributed by atoms with Gasteiger partial charge in [-0.1, -0.05) is 12.8 Å². The lowest BCUT2D eigenvalue weighted by Gasteiger charge is -2.55. The largest absolute Gasteiger partial charge is 0.373 e. The molecule has 2 aliphatic heterocycles. The molecule has 0 amide bonds. The second-order valence-electron chi connectivity index (χ2n) is 7.60. The number of aryl methyl sites for hydroxylation is 1. The lowest BCUT2D eigenvalue weighted by molar-refractivity contribution is -0.206. The molecule has 126 valence electrons. The lowest BCUT2D eigenvalue weighted by atomic mass is 9.83. The number of rotatable bonds is 4. The van der Waals surface area contributed by atoms with Crippen molar-refractivity contribution in [1.29, 1.82) is 0 Å². The zero-order valence-corrected chi connectivity index (χ0v) is 14.2. The number of ether oxygens (including phenoxy) is 2. The van der Waals surface area contributed by atoms with Gasteiger partial charge in [-0.25, -0.2) is 0 Å². The predicted molar refractivity (Wildman–Crippen MR) is 89.3 cm³/mol. The molecule has 3 fully saturated rings. The van der Waals surface area contributed by atoms with E-state index >= 15 is 0 Å². The van der Waals surface area contributed by atoms with Crippen LogP contribution < -0.4 is 0 Å². The summed E-state index contributed by atoms with van der Waals surface area (Å²) in [6, 6.07) is 2.87. The van der Waals surface area contributed by atoms with Crippen LogP contribution in [-0.4, -0.2) is 47.3 Å². The molecule has 2 saturated heterocycles. The van der Waals surface area contributed by atoms with Crippen molar-refractivity contribution < 1.29 is 9.47 Å². The third-order valence-corrected chi connectivity index (χ3v) is 5.89. The van der Waals surface area contributed by atoms with Crippen LogP contribution in [0.25, 0.3) is 0 Å². The molecule has 0 unspecified atom stereocenters. The fourth-order valence-corrected chi connectivity index (χ4v) is 4.42. The molecular weight excluding hydrogens is 288 g/mol. The number of likely N-dealkylation sites (tertiary alicyclic amines) is 1. The van der Waals surface area contributed by atoms with Crippen molar-refractivity contribution in [3.05, 3.63) is 29.6 Å². The number of nitrogens with zero attached hydrogens (tertiary/aromatic N) is 2. The highest BCUT2D eigenvalue weighted by molar-refractivity contribution is 5.20. The molecule has 1 aromatic rings. The van der Waals surface area contributed by atoms with Gasteiger partial charge in [-0.3, -0.25) is 9.88 Å². The van der Waals surface area contributed by atoms with Crippen molar-refractivity contribution in [2.45, 2.75) is 69.8 Å². The molecule has 1 aromatic heterocycles. The van der Waals surface area contributed by atoms with E-state index in [2.05, 4.69) is 22.9 Å². The molecule has 1 aliphatic carbocycles. The Morgan fingerprint density at radius 3 is 2.91 bits per heavy atom. The fourth-order valence-electron chi connectivity index (χ4n) is 4.42. The van der Waals surface area contributed by atoms with Crippen molar-refractivity contribution in [2.24, 2.45) is 0 Å². The van der Waals surface area contributed by atoms with E-state index in [9.17, 15) is 0 Å². The molecule has 0 N–H and O–H groups in total. The Balaban J connectivity index is 1.29. The van der Waals surface area contributed by atoms with E-state index in [1.807, 2.05) is 12.4 Å². The first-order valence-electron chi connectivity index (χ1n) is 9.13. The van der Waals surface area contributed by atoms with Gasteiger partial charge in [0.1, 0.15) is 0 Å². The third-order valence-electron chi connectivity index (χ3n) is 5.89. The summed E-state index contributed by atoms with van der Waals surface area (Å²) in [6.07, 6.45) is 11.8. The minimum absolute atomic E-state index is 0.0789. The Morgan fingerprint density at radius 1 is 1.30 bits per heavy atom. The molecule has 1 spiro atoms. The monoisotopic (exact) mass is 316 g/mol. The molecular formula is C19H28N2O2. The summed E-state index contributed by atoms with van der Waals surface area (Å²) in [5.74, 6) is 0. The topological polar surface area (TPSA) is 34.6 Å². The number of aromatic nitrogens is 1. The summed E-state index contributed by atoms with van der Waals surface area (Å²) in [4.78, 5) is 6.85. The second-order valence-corrected chi connectivity index (χ2v) is 7.60. The number of hydrogen-bond donors (Lipinski definition) is 0. The minimum Gasteiger partial charge on any atom is -0.373 e. The molecule has 1 atom stereocenters. The summed E-state index contributed by atoms with van der Waals surface area (Å²) in [5, 5.41) is 0. The van der Waals surface area contributed by atoms with E-state index in [0.29, 0.717) is 12.7 Å². The Bertz CT molecular complexity index is 536. The zero-order valence-electron chi connectivity index (χ0n) is 14.2. The Hall–Kier alpha value is -0.970. The van der Waals surface area contributed by atoms with Gasteiger partial charge in [0.05, 0.1) is 18.3 Å². The normalized spacial score (nSPS) is 28.1. The van der Waals surface area contributed by atoms with Crippen LogP contribution in [-0.2, 0) is 16.1 Å². The maximum atomic E-state index is 6.20. The summed E-state index contributed by atoms with van der Waals surface area (Å²) in [5.41, 5.74) is 2.54. The zero-order chi connectivity index (χ0) is 15.7. The second kappa shape index (κ2) is 6.50. The van der Waals surface area contributed by atoms with Crippen LogP contribution in [0.4, 0.5) is 0 Å². The molecule has 4 heteroatoms. The Labute approximate surface area is 139 Å². The van der Waals surface area contributed by atoms with Crippen LogP contribution in [0, 0.1) is 6.92 Å². The highest BCUT2D eigenvalue weighted by atomic mass is 16.5. The van der Waals surface area contributed by atoms with Gasteiger partial charge >= 0.3 is 0 Å². The Morgan fingerprint density at radius 2 is 2.13 bits per heavy atom. The molecule has 1 saturated carbocycles. The van der Waals surface area contributed by atoms with Gasteiger partial charge in [0.15, 0.2) is 0 Å². The first-order valence-corrected chi connectivity index (χ1v) is 9.13. The standard InChI is InChI=1S/C19H28N2O2/c1-15-6-8-20-11-16(15)12-22-18-7-9-23-19(10-18)13-21(14-19)17-4-2-3-5-17/h6,8,11,17-18H,2-5,7,9-10,12-14H2,1H3/t18-/m0/s1. The summed E-state index contributed by atoms with van der Waals surface area (Å²) in [6.45, 7) is 5.87. The highest BCUT2D eigenvalue weighted by Crippen LogP contribution is 2.39. The van der Waals surface area contributed by atoms with E-state index in [1.54, 1.807) is 0 Å². The van der Waals surface area contributed by atoms with Crippen molar-refractivity contribution >= 4 is 0 Å². The molecule has 23 heavy (non-hydrogen) atoms. The summed E-state index contributed by atoms with van der Waals surface area (Å²) < 4.78 is 12.4. The smallest absolute Gasteiger partial charge is 0.0959 e. The fraction of sp³-hybridized carbons (Fsp3) is 0.737. The molecule has 3 aliphatic rings. The highest BCUT2D eigenvalue weighted by Gasteiger charge is 2.49. The van der Waals surface area contributed by atoms with E-state index < -0.39 is 0 Å². The van der Waals surface area contributed by atoms with Gasteiger partial charge in [0, 0.05) is 44.6 Å². The van der Waals surface area contributed by atoms with Crippen molar-refractivity contribution in [1.82, 2.24) is 9.88 Å².